The monoisotopic (exact) mass is 337 g/mol. The number of pyridine rings is 1. The standard InChI is InChI=1S/C16H23N3O3S/c1-16(2)15(21)18-13(11-23-16)14(20)19(7-8-22-3)10-12-5-4-6-17-9-12/h4-6,9,13H,7-8,10-11H2,1-3H3,(H,18,21). The van der Waals surface area contributed by atoms with Crippen LogP contribution in [0.4, 0.5) is 0 Å². The Kier molecular flexibility index (Phi) is 6.01. The van der Waals surface area contributed by atoms with Crippen LogP contribution in [0.15, 0.2) is 24.5 Å². The van der Waals surface area contributed by atoms with Crippen LogP contribution in [0.2, 0.25) is 0 Å². The molecule has 2 amide bonds. The van der Waals surface area contributed by atoms with Crippen molar-refractivity contribution in [2.45, 2.75) is 31.2 Å². The van der Waals surface area contributed by atoms with E-state index in [0.717, 1.165) is 5.56 Å². The molecule has 0 radical (unpaired) electrons. The molecule has 0 aromatic carbocycles. The molecule has 6 nitrogen and oxygen atoms in total. The second-order valence-corrected chi connectivity index (χ2v) is 7.60. The first-order chi connectivity index (χ1) is 10.9. The molecule has 1 fully saturated rings. The lowest BCUT2D eigenvalue weighted by Gasteiger charge is -2.35. The second kappa shape index (κ2) is 7.79. The van der Waals surface area contributed by atoms with Gasteiger partial charge >= 0.3 is 0 Å². The maximum Gasteiger partial charge on any atom is 0.246 e. The third-order valence-corrected chi connectivity index (χ3v) is 5.14. The molecule has 0 bridgehead atoms. The summed E-state index contributed by atoms with van der Waals surface area (Å²) < 4.78 is 4.61. The fourth-order valence-electron chi connectivity index (χ4n) is 2.27. The molecule has 0 spiro atoms. The largest absolute Gasteiger partial charge is 0.383 e. The summed E-state index contributed by atoms with van der Waals surface area (Å²) in [5.41, 5.74) is 0.951. The van der Waals surface area contributed by atoms with E-state index < -0.39 is 10.8 Å². The van der Waals surface area contributed by atoms with Gasteiger partial charge in [0.1, 0.15) is 6.04 Å². The lowest BCUT2D eigenvalue weighted by Crippen LogP contribution is -2.57. The highest BCUT2D eigenvalue weighted by Gasteiger charge is 2.39. The zero-order valence-corrected chi connectivity index (χ0v) is 14.6. The molecule has 126 valence electrons. The van der Waals surface area contributed by atoms with E-state index in [1.165, 1.54) is 11.8 Å². The molecular weight excluding hydrogens is 314 g/mol. The molecule has 23 heavy (non-hydrogen) atoms. The first-order valence-corrected chi connectivity index (χ1v) is 8.54. The molecule has 1 aromatic rings. The number of thioether (sulfide) groups is 1. The highest BCUT2D eigenvalue weighted by atomic mass is 32.2. The lowest BCUT2D eigenvalue weighted by molar-refractivity contribution is -0.137. The number of carbonyl (C=O) groups is 2. The van der Waals surface area contributed by atoms with Gasteiger partial charge in [-0.15, -0.1) is 11.8 Å². The average molecular weight is 337 g/mol. The highest BCUT2D eigenvalue weighted by Crippen LogP contribution is 2.29. The van der Waals surface area contributed by atoms with Gasteiger partial charge in [-0.3, -0.25) is 14.6 Å². The maximum atomic E-state index is 12.8. The first kappa shape index (κ1) is 17.7. The second-order valence-electron chi connectivity index (χ2n) is 5.96. The Morgan fingerprint density at radius 2 is 2.35 bits per heavy atom. The number of rotatable bonds is 6. The van der Waals surface area contributed by atoms with Crippen molar-refractivity contribution in [2.75, 3.05) is 26.0 Å². The van der Waals surface area contributed by atoms with E-state index in [-0.39, 0.29) is 11.8 Å². The SMILES string of the molecule is COCCN(Cc1cccnc1)C(=O)C1CSC(C)(C)C(=O)N1. The van der Waals surface area contributed by atoms with E-state index in [4.69, 9.17) is 4.74 Å². The molecule has 2 heterocycles. The predicted octanol–water partition coefficient (Wildman–Crippen LogP) is 1.07. The molecule has 1 saturated heterocycles. The van der Waals surface area contributed by atoms with E-state index in [0.29, 0.717) is 25.4 Å². The molecule has 2 rings (SSSR count). The minimum atomic E-state index is -0.492. The number of methoxy groups -OCH3 is 1. The number of nitrogens with zero attached hydrogens (tertiary/aromatic N) is 2. The van der Waals surface area contributed by atoms with Gasteiger partial charge < -0.3 is 15.0 Å². The van der Waals surface area contributed by atoms with E-state index in [2.05, 4.69) is 10.3 Å². The van der Waals surface area contributed by atoms with E-state index in [1.807, 2.05) is 26.0 Å². The van der Waals surface area contributed by atoms with Crippen LogP contribution in [-0.2, 0) is 20.9 Å². The molecule has 1 aliphatic rings. The van der Waals surface area contributed by atoms with Crippen LogP contribution in [0.5, 0.6) is 0 Å². The van der Waals surface area contributed by atoms with E-state index in [9.17, 15) is 9.59 Å². The van der Waals surface area contributed by atoms with Crippen molar-refractivity contribution in [3.8, 4) is 0 Å². The normalized spacial score (nSPS) is 20.0. The summed E-state index contributed by atoms with van der Waals surface area (Å²) in [6.45, 7) is 5.12. The number of carbonyl (C=O) groups excluding carboxylic acids is 2. The molecule has 1 N–H and O–H groups in total. The number of ether oxygens (including phenoxy) is 1. The van der Waals surface area contributed by atoms with Crippen LogP contribution >= 0.6 is 11.8 Å². The Balaban J connectivity index is 2.06. The van der Waals surface area contributed by atoms with Gasteiger partial charge in [0.05, 0.1) is 11.4 Å². The number of nitrogens with one attached hydrogen (secondary N) is 1. The van der Waals surface area contributed by atoms with Gasteiger partial charge in [0.2, 0.25) is 11.8 Å². The van der Waals surface area contributed by atoms with Crippen molar-refractivity contribution in [1.29, 1.82) is 0 Å². The van der Waals surface area contributed by atoms with Gasteiger partial charge in [0, 0.05) is 38.3 Å². The number of amides is 2. The van der Waals surface area contributed by atoms with Gasteiger partial charge in [-0.2, -0.15) is 0 Å². The Labute approximate surface area is 141 Å². The summed E-state index contributed by atoms with van der Waals surface area (Å²) in [4.78, 5) is 30.7. The van der Waals surface area contributed by atoms with Crippen LogP contribution in [-0.4, -0.2) is 58.5 Å². The summed E-state index contributed by atoms with van der Waals surface area (Å²) in [6, 6.07) is 3.28. The fraction of sp³-hybridized carbons (Fsp3) is 0.562. The minimum Gasteiger partial charge on any atom is -0.383 e. The van der Waals surface area contributed by atoms with Crippen LogP contribution in [0.3, 0.4) is 0 Å². The first-order valence-electron chi connectivity index (χ1n) is 7.55. The summed E-state index contributed by atoms with van der Waals surface area (Å²) in [5.74, 6) is 0.399. The van der Waals surface area contributed by atoms with E-state index >= 15 is 0 Å². The Hall–Kier alpha value is -1.60. The fourth-order valence-corrected chi connectivity index (χ4v) is 3.26. The van der Waals surface area contributed by atoms with Gasteiger partial charge in [0.25, 0.3) is 0 Å². The third-order valence-electron chi connectivity index (χ3n) is 3.73. The summed E-state index contributed by atoms with van der Waals surface area (Å²) in [7, 11) is 1.60. The van der Waals surface area contributed by atoms with Crippen molar-refractivity contribution >= 4 is 23.6 Å². The van der Waals surface area contributed by atoms with Crippen LogP contribution in [0, 0.1) is 0 Å². The predicted molar refractivity (Wildman–Crippen MR) is 90.0 cm³/mol. The lowest BCUT2D eigenvalue weighted by atomic mass is 10.1. The Morgan fingerprint density at radius 1 is 1.57 bits per heavy atom. The van der Waals surface area contributed by atoms with Gasteiger partial charge in [-0.25, -0.2) is 0 Å². The summed E-state index contributed by atoms with van der Waals surface area (Å²) in [6.07, 6.45) is 3.44. The van der Waals surface area contributed by atoms with Crippen molar-refractivity contribution in [2.24, 2.45) is 0 Å². The van der Waals surface area contributed by atoms with Gasteiger partial charge in [0.15, 0.2) is 0 Å². The average Bonchev–Trinajstić information content (AvgIpc) is 2.54. The minimum absolute atomic E-state index is 0.0812. The number of aromatic nitrogens is 1. The zero-order valence-electron chi connectivity index (χ0n) is 13.7. The van der Waals surface area contributed by atoms with Gasteiger partial charge in [-0.1, -0.05) is 6.07 Å². The molecule has 7 heteroatoms. The third kappa shape index (κ3) is 4.68. The zero-order chi connectivity index (χ0) is 16.9. The molecule has 0 aliphatic carbocycles. The van der Waals surface area contributed by atoms with Crippen molar-refractivity contribution < 1.29 is 14.3 Å². The number of hydrogen-bond donors (Lipinski definition) is 1. The van der Waals surface area contributed by atoms with Crippen molar-refractivity contribution in [3.63, 3.8) is 0 Å². The molecule has 1 aliphatic heterocycles. The molecule has 1 unspecified atom stereocenters. The highest BCUT2D eigenvalue weighted by molar-refractivity contribution is 8.01. The summed E-state index contributed by atoms with van der Waals surface area (Å²) in [5, 5.41) is 2.84. The summed E-state index contributed by atoms with van der Waals surface area (Å²) >= 11 is 1.51. The van der Waals surface area contributed by atoms with Crippen LogP contribution in [0.25, 0.3) is 0 Å². The maximum absolute atomic E-state index is 12.8. The Bertz CT molecular complexity index is 551. The van der Waals surface area contributed by atoms with Crippen LogP contribution < -0.4 is 5.32 Å². The molecule has 1 aromatic heterocycles. The van der Waals surface area contributed by atoms with Crippen LogP contribution in [0.1, 0.15) is 19.4 Å². The van der Waals surface area contributed by atoms with Gasteiger partial charge in [-0.05, 0) is 25.5 Å². The molecular formula is C16H23N3O3S. The number of hydrogen-bond acceptors (Lipinski definition) is 5. The van der Waals surface area contributed by atoms with Crippen molar-refractivity contribution in [1.82, 2.24) is 15.2 Å². The molecule has 0 saturated carbocycles. The smallest absolute Gasteiger partial charge is 0.246 e. The topological polar surface area (TPSA) is 71.5 Å². The molecule has 1 atom stereocenters. The quantitative estimate of drug-likeness (QED) is 0.841. The van der Waals surface area contributed by atoms with Crippen molar-refractivity contribution in [3.05, 3.63) is 30.1 Å². The van der Waals surface area contributed by atoms with E-state index in [1.54, 1.807) is 24.4 Å². The Morgan fingerprint density at radius 3 is 2.96 bits per heavy atom.